The first kappa shape index (κ1) is 17.8. The maximum absolute atomic E-state index is 12.3. The van der Waals surface area contributed by atoms with Crippen LogP contribution >= 0.6 is 0 Å². The van der Waals surface area contributed by atoms with Crippen LogP contribution in [0.2, 0.25) is 0 Å². The number of fused-ring (bicyclic) bond motifs is 1. The Bertz CT molecular complexity index is 1050. The molecule has 4 aromatic rings. The molecule has 7 nitrogen and oxygen atoms in total. The van der Waals surface area contributed by atoms with Gasteiger partial charge in [-0.3, -0.25) is 4.79 Å². The third kappa shape index (κ3) is 4.03. The van der Waals surface area contributed by atoms with Crippen LogP contribution < -0.4 is 10.1 Å². The van der Waals surface area contributed by atoms with Crippen molar-refractivity contribution in [2.24, 2.45) is 7.05 Å². The minimum absolute atomic E-state index is 0.112. The number of ether oxygens (including phenoxy) is 1. The number of amides is 1. The third-order valence-electron chi connectivity index (χ3n) is 4.49. The van der Waals surface area contributed by atoms with Gasteiger partial charge in [0.25, 0.3) is 5.91 Å². The molecule has 0 unspecified atom stereocenters. The van der Waals surface area contributed by atoms with E-state index in [9.17, 15) is 4.79 Å². The second-order valence-corrected chi connectivity index (χ2v) is 6.47. The van der Waals surface area contributed by atoms with Gasteiger partial charge in [0.15, 0.2) is 0 Å². The lowest BCUT2D eigenvalue weighted by Gasteiger charge is -2.08. The van der Waals surface area contributed by atoms with Crippen LogP contribution in [0.25, 0.3) is 5.65 Å². The van der Waals surface area contributed by atoms with Crippen LogP contribution in [0.15, 0.2) is 67.3 Å². The molecule has 3 heterocycles. The molecule has 1 aromatic carbocycles. The van der Waals surface area contributed by atoms with Crippen molar-refractivity contribution in [3.63, 3.8) is 0 Å². The number of aromatic nitrogens is 4. The third-order valence-corrected chi connectivity index (χ3v) is 4.49. The summed E-state index contributed by atoms with van der Waals surface area (Å²) in [5, 5.41) is 2.93. The lowest BCUT2D eigenvalue weighted by molar-refractivity contribution is 0.0954. The molecule has 0 saturated heterocycles. The van der Waals surface area contributed by atoms with Crippen molar-refractivity contribution in [1.29, 1.82) is 0 Å². The normalized spacial score (nSPS) is 10.9. The van der Waals surface area contributed by atoms with E-state index in [1.54, 1.807) is 30.5 Å². The lowest BCUT2D eigenvalue weighted by Crippen LogP contribution is -2.25. The maximum Gasteiger partial charge on any atom is 0.251 e. The van der Waals surface area contributed by atoms with E-state index in [1.807, 2.05) is 52.8 Å². The van der Waals surface area contributed by atoms with Gasteiger partial charge in [0.05, 0.1) is 5.69 Å². The number of pyridine rings is 1. The van der Waals surface area contributed by atoms with Crippen molar-refractivity contribution in [3.05, 3.63) is 84.3 Å². The van der Waals surface area contributed by atoms with Crippen molar-refractivity contribution < 1.29 is 9.53 Å². The van der Waals surface area contributed by atoms with Crippen molar-refractivity contribution in [3.8, 4) is 5.75 Å². The first-order valence-electron chi connectivity index (χ1n) is 9.09. The van der Waals surface area contributed by atoms with E-state index in [1.165, 1.54) is 0 Å². The molecule has 0 fully saturated rings. The molecule has 3 aromatic heterocycles. The Balaban J connectivity index is 1.27. The van der Waals surface area contributed by atoms with Gasteiger partial charge in [0, 0.05) is 50.4 Å². The average molecular weight is 375 g/mol. The Hall–Kier alpha value is -3.61. The van der Waals surface area contributed by atoms with Gasteiger partial charge in [-0.15, -0.1) is 0 Å². The molecule has 0 spiro atoms. The summed E-state index contributed by atoms with van der Waals surface area (Å²) in [5.41, 5.74) is 2.45. The Morgan fingerprint density at radius 2 is 2.00 bits per heavy atom. The van der Waals surface area contributed by atoms with Gasteiger partial charge in [-0.2, -0.15) is 0 Å². The summed E-state index contributed by atoms with van der Waals surface area (Å²) in [7, 11) is 1.92. The number of aryl methyl sites for hydroxylation is 1. The van der Waals surface area contributed by atoms with Crippen LogP contribution in [0, 0.1) is 0 Å². The van der Waals surface area contributed by atoms with Crippen molar-refractivity contribution in [2.45, 2.75) is 13.0 Å². The molecular formula is C21H21N5O2. The van der Waals surface area contributed by atoms with Gasteiger partial charge in [-0.25, -0.2) is 9.97 Å². The number of benzene rings is 1. The summed E-state index contributed by atoms with van der Waals surface area (Å²) in [6, 6.07) is 13.0. The topological polar surface area (TPSA) is 73.5 Å². The maximum atomic E-state index is 12.3. The molecule has 0 bridgehead atoms. The molecule has 7 heteroatoms. The summed E-state index contributed by atoms with van der Waals surface area (Å²) in [5.74, 6) is 1.43. The fraction of sp³-hybridized carbons (Fsp3) is 0.190. The minimum atomic E-state index is -0.112. The molecule has 0 aliphatic rings. The number of imidazole rings is 2. The highest BCUT2D eigenvalue weighted by molar-refractivity contribution is 5.94. The van der Waals surface area contributed by atoms with Crippen molar-refractivity contribution in [2.75, 3.05) is 6.54 Å². The predicted octanol–water partition coefficient (Wildman–Crippen LogP) is 2.62. The summed E-state index contributed by atoms with van der Waals surface area (Å²) in [6.07, 6.45) is 8.23. The van der Waals surface area contributed by atoms with Gasteiger partial charge >= 0.3 is 0 Å². The first-order chi connectivity index (χ1) is 13.7. The van der Waals surface area contributed by atoms with Gasteiger partial charge < -0.3 is 19.0 Å². The molecule has 142 valence electrons. The molecule has 28 heavy (non-hydrogen) atoms. The highest BCUT2D eigenvalue weighted by Gasteiger charge is 2.07. The zero-order valence-electron chi connectivity index (χ0n) is 15.6. The molecule has 0 aliphatic heterocycles. The van der Waals surface area contributed by atoms with Gasteiger partial charge in [0.2, 0.25) is 0 Å². The second-order valence-electron chi connectivity index (χ2n) is 6.47. The zero-order valence-corrected chi connectivity index (χ0v) is 15.6. The number of nitrogens with zero attached hydrogens (tertiary/aromatic N) is 4. The van der Waals surface area contributed by atoms with Crippen LogP contribution in [0.5, 0.6) is 5.75 Å². The summed E-state index contributed by atoms with van der Waals surface area (Å²) >= 11 is 0. The fourth-order valence-electron chi connectivity index (χ4n) is 2.90. The SMILES string of the molecule is Cn1ccnc1COc1ccc(C(=O)NCCc2cn3ccccc3n2)cc1. The number of nitrogens with one attached hydrogen (secondary N) is 1. The first-order valence-corrected chi connectivity index (χ1v) is 9.09. The van der Waals surface area contributed by atoms with Crippen LogP contribution in [0.1, 0.15) is 21.9 Å². The number of carbonyl (C=O) groups is 1. The van der Waals surface area contributed by atoms with E-state index in [2.05, 4.69) is 15.3 Å². The Morgan fingerprint density at radius 1 is 1.14 bits per heavy atom. The van der Waals surface area contributed by atoms with E-state index in [0.717, 1.165) is 17.2 Å². The smallest absolute Gasteiger partial charge is 0.251 e. The summed E-state index contributed by atoms with van der Waals surface area (Å²) in [6.45, 7) is 0.911. The zero-order chi connectivity index (χ0) is 19.3. The molecule has 0 saturated carbocycles. The quantitative estimate of drug-likeness (QED) is 0.539. The fourth-order valence-corrected chi connectivity index (χ4v) is 2.90. The van der Waals surface area contributed by atoms with Crippen molar-refractivity contribution >= 4 is 11.6 Å². The number of hydrogen-bond donors (Lipinski definition) is 1. The highest BCUT2D eigenvalue weighted by Crippen LogP contribution is 2.14. The Kier molecular flexibility index (Phi) is 5.05. The van der Waals surface area contributed by atoms with Crippen molar-refractivity contribution in [1.82, 2.24) is 24.3 Å². The van der Waals surface area contributed by atoms with Gasteiger partial charge in [-0.05, 0) is 36.4 Å². The summed E-state index contributed by atoms with van der Waals surface area (Å²) in [4.78, 5) is 21.1. The molecule has 1 amide bonds. The van der Waals surface area contributed by atoms with E-state index >= 15 is 0 Å². The largest absolute Gasteiger partial charge is 0.486 e. The minimum Gasteiger partial charge on any atom is -0.486 e. The van der Waals surface area contributed by atoms with Gasteiger partial charge in [0.1, 0.15) is 23.8 Å². The number of carbonyl (C=O) groups excluding carboxylic acids is 1. The molecule has 4 rings (SSSR count). The monoisotopic (exact) mass is 375 g/mol. The lowest BCUT2D eigenvalue weighted by atomic mass is 10.2. The second kappa shape index (κ2) is 7.96. The molecule has 0 aliphatic carbocycles. The standard InChI is InChI=1S/C21H21N5O2/c1-25-13-11-22-20(25)15-28-18-7-5-16(6-8-18)21(27)23-10-9-17-14-26-12-3-2-4-19(26)24-17/h2-8,11-14H,9-10,15H2,1H3,(H,23,27). The Labute approximate surface area is 162 Å². The van der Waals surface area contributed by atoms with Crippen LogP contribution in [-0.2, 0) is 20.1 Å². The van der Waals surface area contributed by atoms with E-state index < -0.39 is 0 Å². The number of hydrogen-bond acceptors (Lipinski definition) is 4. The Morgan fingerprint density at radius 3 is 2.75 bits per heavy atom. The van der Waals surface area contributed by atoms with E-state index in [0.29, 0.717) is 30.9 Å². The average Bonchev–Trinajstić information content (AvgIpc) is 3.32. The molecule has 0 atom stereocenters. The molecule has 0 radical (unpaired) electrons. The highest BCUT2D eigenvalue weighted by atomic mass is 16.5. The van der Waals surface area contributed by atoms with Gasteiger partial charge in [-0.1, -0.05) is 6.07 Å². The van der Waals surface area contributed by atoms with Crippen LogP contribution in [-0.4, -0.2) is 31.4 Å². The number of rotatable bonds is 7. The molecular weight excluding hydrogens is 354 g/mol. The molecule has 1 N–H and O–H groups in total. The van der Waals surface area contributed by atoms with Crippen LogP contribution in [0.3, 0.4) is 0 Å². The summed E-state index contributed by atoms with van der Waals surface area (Å²) < 4.78 is 9.59. The predicted molar refractivity (Wildman–Crippen MR) is 105 cm³/mol. The van der Waals surface area contributed by atoms with E-state index in [-0.39, 0.29) is 5.91 Å². The van der Waals surface area contributed by atoms with E-state index in [4.69, 9.17) is 4.74 Å². The van der Waals surface area contributed by atoms with Crippen LogP contribution in [0.4, 0.5) is 0 Å².